The Morgan fingerprint density at radius 3 is 1.58 bits per heavy atom. The fraction of sp³-hybridized carbons (Fsp3) is 0.900. The van der Waals surface area contributed by atoms with Gasteiger partial charge in [0, 0.05) is 26.0 Å². The molecule has 0 aromatic carbocycles. The Bertz CT molecular complexity index is 347. The summed E-state index contributed by atoms with van der Waals surface area (Å²) in [4.78, 5) is 13.0. The zero-order chi connectivity index (χ0) is 19.5. The van der Waals surface area contributed by atoms with Crippen LogP contribution in [-0.2, 0) is 0 Å². The molecule has 26 heavy (non-hydrogen) atoms. The highest BCUT2D eigenvalue weighted by molar-refractivity contribution is 4.88. The van der Waals surface area contributed by atoms with E-state index in [-0.39, 0.29) is 0 Å². The normalized spacial score (nSPS) is 13.0. The molecule has 0 spiro atoms. The molecule has 0 fully saturated rings. The van der Waals surface area contributed by atoms with E-state index in [0.29, 0.717) is 0 Å². The summed E-state index contributed by atoms with van der Waals surface area (Å²) in [7, 11) is 2.14. The number of hydrogen-bond donors (Lipinski definition) is 1. The highest BCUT2D eigenvalue weighted by atomic mass is 16.9. The molecule has 0 atom stereocenters. The molecule has 0 bridgehead atoms. The van der Waals surface area contributed by atoms with E-state index in [1.807, 2.05) is 0 Å². The molecule has 1 rings (SSSR count). The number of rotatable bonds is 15. The lowest BCUT2D eigenvalue weighted by atomic mass is 10.0. The van der Waals surface area contributed by atoms with Gasteiger partial charge in [-0.3, -0.25) is 0 Å². The molecule has 1 aliphatic heterocycles. The molecule has 0 unspecified atom stereocenters. The van der Waals surface area contributed by atoms with Crippen molar-refractivity contribution in [1.82, 2.24) is 9.80 Å². The first-order valence-corrected chi connectivity index (χ1v) is 10.5. The Kier molecular flexibility index (Phi) is 17.3. The number of unbranched alkanes of at least 4 members (excludes halogenated alkanes) is 13. The zero-order valence-electron chi connectivity index (χ0n) is 17.1. The van der Waals surface area contributed by atoms with E-state index in [0.717, 1.165) is 6.67 Å². The number of hydrogen-bond acceptors (Lipinski definition) is 4. The smallest absolute Gasteiger partial charge is 0.291 e. The summed E-state index contributed by atoms with van der Waals surface area (Å²) in [5.74, 6) is 0. The Labute approximate surface area is 160 Å². The first kappa shape index (κ1) is 24.5. The first-order chi connectivity index (χ1) is 12.6. The van der Waals surface area contributed by atoms with E-state index in [2.05, 4.69) is 36.2 Å². The predicted molar refractivity (Wildman–Crippen MR) is 108 cm³/mol. The van der Waals surface area contributed by atoms with Crippen LogP contribution in [0.25, 0.3) is 0 Å². The van der Waals surface area contributed by atoms with Crippen LogP contribution >= 0.6 is 0 Å². The standard InChI is InChI=1S/C20H40N2.HNO3/c1-3-4-5-6-7-8-9-10-11-12-13-14-15-16-17-22-19-18-21(2)20-22;2-1(3)4/h18-19H,3-17,20H2,1-2H3;(H,2,3,4). The molecule has 1 aliphatic rings. The van der Waals surface area contributed by atoms with Crippen LogP contribution in [0.15, 0.2) is 12.4 Å². The van der Waals surface area contributed by atoms with Gasteiger partial charge in [0.25, 0.3) is 5.09 Å². The van der Waals surface area contributed by atoms with Gasteiger partial charge in [-0.1, -0.05) is 90.4 Å². The minimum absolute atomic E-state index is 1.08. The maximum atomic E-state index is 8.36. The summed E-state index contributed by atoms with van der Waals surface area (Å²) < 4.78 is 0. The third-order valence-electron chi connectivity index (χ3n) is 4.74. The fourth-order valence-corrected chi connectivity index (χ4v) is 3.24. The lowest BCUT2D eigenvalue weighted by Gasteiger charge is -2.17. The molecule has 0 radical (unpaired) electrons. The largest absolute Gasteiger partial charge is 0.362 e. The predicted octanol–water partition coefficient (Wildman–Crippen LogP) is 5.80. The van der Waals surface area contributed by atoms with Gasteiger partial charge >= 0.3 is 0 Å². The third kappa shape index (κ3) is 18.9. The monoisotopic (exact) mass is 371 g/mol. The average molecular weight is 372 g/mol. The van der Waals surface area contributed by atoms with Gasteiger partial charge in [0.05, 0.1) is 6.67 Å². The summed E-state index contributed by atoms with van der Waals surface area (Å²) in [5, 5.41) is 13.6. The minimum Gasteiger partial charge on any atom is -0.362 e. The summed E-state index contributed by atoms with van der Waals surface area (Å²) in [6.07, 6.45) is 24.6. The maximum Gasteiger partial charge on any atom is 0.291 e. The van der Waals surface area contributed by atoms with E-state index < -0.39 is 5.09 Å². The Morgan fingerprint density at radius 2 is 1.23 bits per heavy atom. The SMILES string of the molecule is CCCCCCCCCCCCCCCCN1C=CN(C)C1.O=[N+]([O-])O. The van der Waals surface area contributed by atoms with Gasteiger partial charge in [-0.25, -0.2) is 0 Å². The summed E-state index contributed by atoms with van der Waals surface area (Å²) in [6, 6.07) is 0. The van der Waals surface area contributed by atoms with E-state index in [4.69, 9.17) is 15.3 Å². The Balaban J connectivity index is 0.00000141. The van der Waals surface area contributed by atoms with Crippen LogP contribution in [0.5, 0.6) is 0 Å². The van der Waals surface area contributed by atoms with Crippen molar-refractivity contribution in [1.29, 1.82) is 0 Å². The van der Waals surface area contributed by atoms with Crippen molar-refractivity contribution in [3.8, 4) is 0 Å². The molecular formula is C20H41N3O3. The maximum absolute atomic E-state index is 8.36. The van der Waals surface area contributed by atoms with E-state index in [9.17, 15) is 0 Å². The zero-order valence-corrected chi connectivity index (χ0v) is 17.1. The Morgan fingerprint density at radius 1 is 0.846 bits per heavy atom. The second-order valence-corrected chi connectivity index (χ2v) is 7.34. The van der Waals surface area contributed by atoms with Crippen LogP contribution in [0.4, 0.5) is 0 Å². The third-order valence-corrected chi connectivity index (χ3v) is 4.74. The summed E-state index contributed by atoms with van der Waals surface area (Å²) in [6.45, 7) is 4.61. The lowest BCUT2D eigenvalue weighted by molar-refractivity contribution is -0.742. The first-order valence-electron chi connectivity index (χ1n) is 10.5. The highest BCUT2D eigenvalue weighted by Gasteiger charge is 2.06. The molecule has 6 heteroatoms. The molecular weight excluding hydrogens is 330 g/mol. The highest BCUT2D eigenvalue weighted by Crippen LogP contribution is 2.13. The number of nitrogens with zero attached hydrogens (tertiary/aromatic N) is 3. The molecule has 1 heterocycles. The molecule has 0 aliphatic carbocycles. The second-order valence-electron chi connectivity index (χ2n) is 7.34. The molecule has 0 saturated heterocycles. The second kappa shape index (κ2) is 18.3. The van der Waals surface area contributed by atoms with Crippen molar-refractivity contribution >= 4 is 0 Å². The van der Waals surface area contributed by atoms with Crippen molar-refractivity contribution < 1.29 is 10.3 Å². The molecule has 0 amide bonds. The lowest BCUT2D eigenvalue weighted by Crippen LogP contribution is -2.23. The average Bonchev–Trinajstić information content (AvgIpc) is 3.00. The molecule has 0 aromatic heterocycles. The Hall–Kier alpha value is -1.46. The van der Waals surface area contributed by atoms with E-state index >= 15 is 0 Å². The quantitative estimate of drug-likeness (QED) is 0.224. The van der Waals surface area contributed by atoms with Gasteiger partial charge in [0.15, 0.2) is 0 Å². The molecule has 1 N–H and O–H groups in total. The molecule has 0 aromatic rings. The van der Waals surface area contributed by atoms with Gasteiger partial charge in [-0.2, -0.15) is 0 Å². The van der Waals surface area contributed by atoms with Crippen molar-refractivity contribution in [3.63, 3.8) is 0 Å². The van der Waals surface area contributed by atoms with Crippen molar-refractivity contribution in [3.05, 3.63) is 22.5 Å². The molecule has 0 saturated carbocycles. The topological polar surface area (TPSA) is 69.9 Å². The molecule has 154 valence electrons. The molecule has 6 nitrogen and oxygen atoms in total. The van der Waals surface area contributed by atoms with Gasteiger partial charge in [-0.05, 0) is 6.42 Å². The van der Waals surface area contributed by atoms with Crippen LogP contribution < -0.4 is 0 Å². The van der Waals surface area contributed by atoms with Crippen LogP contribution in [0.3, 0.4) is 0 Å². The van der Waals surface area contributed by atoms with Crippen molar-refractivity contribution in [2.45, 2.75) is 96.8 Å². The van der Waals surface area contributed by atoms with Crippen LogP contribution in [0.2, 0.25) is 0 Å². The van der Waals surface area contributed by atoms with Gasteiger partial charge in [0.2, 0.25) is 0 Å². The summed E-state index contributed by atoms with van der Waals surface area (Å²) >= 11 is 0. The summed E-state index contributed by atoms with van der Waals surface area (Å²) in [5.41, 5.74) is 0. The van der Waals surface area contributed by atoms with Crippen LogP contribution in [0, 0.1) is 10.1 Å². The van der Waals surface area contributed by atoms with Crippen LogP contribution in [-0.4, -0.2) is 40.4 Å². The fourth-order valence-electron chi connectivity index (χ4n) is 3.24. The van der Waals surface area contributed by atoms with Gasteiger partial charge in [0.1, 0.15) is 0 Å². The van der Waals surface area contributed by atoms with Crippen molar-refractivity contribution in [2.75, 3.05) is 20.3 Å². The van der Waals surface area contributed by atoms with Gasteiger partial charge < -0.3 is 15.0 Å². The van der Waals surface area contributed by atoms with E-state index in [1.165, 1.54) is 96.4 Å². The van der Waals surface area contributed by atoms with Crippen LogP contribution in [0.1, 0.15) is 96.8 Å². The van der Waals surface area contributed by atoms with Gasteiger partial charge in [-0.15, -0.1) is 10.1 Å². The van der Waals surface area contributed by atoms with E-state index in [1.54, 1.807) is 0 Å². The van der Waals surface area contributed by atoms with Crippen molar-refractivity contribution in [2.24, 2.45) is 0 Å². The minimum atomic E-state index is -1.50.